The molecule has 0 saturated carbocycles. The molecule has 1 aromatic carbocycles. The minimum Gasteiger partial charge on any atom is -0.330 e. The van der Waals surface area contributed by atoms with Crippen LogP contribution in [0, 0.1) is 5.41 Å². The Morgan fingerprint density at radius 3 is 2.52 bits per heavy atom. The standard InChI is InChI=1S/C16H26N2O2S/c1-16(2,3)15(9-10-17)18-21(19,20)14-8-7-12-5-4-6-13(12)11-14/h7-8,11,15,18H,4-6,9-10,17H2,1-3H3. The normalized spacial score (nSPS) is 16.8. The van der Waals surface area contributed by atoms with Crippen LogP contribution in [-0.4, -0.2) is 21.0 Å². The molecule has 1 aromatic rings. The van der Waals surface area contributed by atoms with E-state index < -0.39 is 10.0 Å². The molecule has 4 nitrogen and oxygen atoms in total. The number of nitrogens with one attached hydrogen (secondary N) is 1. The van der Waals surface area contributed by atoms with Crippen LogP contribution in [0.5, 0.6) is 0 Å². The maximum absolute atomic E-state index is 12.6. The largest absolute Gasteiger partial charge is 0.330 e. The Kier molecular flexibility index (Phi) is 4.76. The zero-order chi connectivity index (χ0) is 15.7. The van der Waals surface area contributed by atoms with Gasteiger partial charge in [0.2, 0.25) is 10.0 Å². The minimum atomic E-state index is -3.49. The van der Waals surface area contributed by atoms with E-state index in [2.05, 4.69) is 4.72 Å². The molecule has 0 heterocycles. The van der Waals surface area contributed by atoms with Gasteiger partial charge < -0.3 is 5.73 Å². The third-order valence-corrected chi connectivity index (χ3v) is 5.65. The number of sulfonamides is 1. The first-order valence-corrected chi connectivity index (χ1v) is 9.06. The predicted molar refractivity (Wildman–Crippen MR) is 85.7 cm³/mol. The average Bonchev–Trinajstić information content (AvgIpc) is 2.84. The van der Waals surface area contributed by atoms with Gasteiger partial charge in [-0.25, -0.2) is 13.1 Å². The fourth-order valence-electron chi connectivity index (χ4n) is 2.81. The van der Waals surface area contributed by atoms with Gasteiger partial charge >= 0.3 is 0 Å². The van der Waals surface area contributed by atoms with Crippen molar-refractivity contribution in [1.29, 1.82) is 0 Å². The molecule has 0 saturated heterocycles. The summed E-state index contributed by atoms with van der Waals surface area (Å²) in [5.41, 5.74) is 7.91. The first kappa shape index (κ1) is 16.5. The summed E-state index contributed by atoms with van der Waals surface area (Å²) in [6, 6.07) is 5.33. The summed E-state index contributed by atoms with van der Waals surface area (Å²) in [6.45, 7) is 6.55. The molecule has 0 aliphatic heterocycles. The number of nitrogens with two attached hydrogens (primary N) is 1. The summed E-state index contributed by atoms with van der Waals surface area (Å²) in [5, 5.41) is 0. The van der Waals surface area contributed by atoms with Crippen LogP contribution in [0.15, 0.2) is 23.1 Å². The first-order chi connectivity index (χ1) is 9.74. The molecule has 1 aliphatic carbocycles. The minimum absolute atomic E-state index is 0.164. The molecule has 0 amide bonds. The van der Waals surface area contributed by atoms with Gasteiger partial charge in [0.05, 0.1) is 4.90 Å². The quantitative estimate of drug-likeness (QED) is 0.876. The first-order valence-electron chi connectivity index (χ1n) is 7.58. The lowest BCUT2D eigenvalue weighted by Gasteiger charge is -2.31. The third-order valence-electron chi connectivity index (χ3n) is 4.18. The Morgan fingerprint density at radius 1 is 1.24 bits per heavy atom. The van der Waals surface area contributed by atoms with Crippen molar-refractivity contribution in [2.75, 3.05) is 6.54 Å². The lowest BCUT2D eigenvalue weighted by molar-refractivity contribution is 0.287. The van der Waals surface area contributed by atoms with Crippen molar-refractivity contribution >= 4 is 10.0 Å². The summed E-state index contributed by atoms with van der Waals surface area (Å²) in [5.74, 6) is 0. The number of hydrogen-bond acceptors (Lipinski definition) is 3. The SMILES string of the molecule is CC(C)(C)C(CCN)NS(=O)(=O)c1ccc2c(c1)CCC2. The van der Waals surface area contributed by atoms with Gasteiger partial charge in [-0.3, -0.25) is 0 Å². The van der Waals surface area contributed by atoms with Crippen molar-refractivity contribution < 1.29 is 8.42 Å². The maximum Gasteiger partial charge on any atom is 0.240 e. The summed E-state index contributed by atoms with van der Waals surface area (Å²) in [6.07, 6.45) is 3.78. The van der Waals surface area contributed by atoms with Gasteiger partial charge in [0.25, 0.3) is 0 Å². The van der Waals surface area contributed by atoms with Crippen molar-refractivity contribution in [1.82, 2.24) is 4.72 Å². The second-order valence-electron chi connectivity index (χ2n) is 6.90. The highest BCUT2D eigenvalue weighted by Crippen LogP contribution is 2.27. The Balaban J connectivity index is 2.25. The summed E-state index contributed by atoms with van der Waals surface area (Å²) >= 11 is 0. The number of rotatable bonds is 5. The summed E-state index contributed by atoms with van der Waals surface area (Å²) in [4.78, 5) is 0.370. The zero-order valence-corrected chi connectivity index (χ0v) is 14.0. The van der Waals surface area contributed by atoms with Gasteiger partial charge in [-0.05, 0) is 60.9 Å². The smallest absolute Gasteiger partial charge is 0.240 e. The van der Waals surface area contributed by atoms with Crippen LogP contribution < -0.4 is 10.5 Å². The second-order valence-corrected chi connectivity index (χ2v) is 8.62. The molecule has 1 atom stereocenters. The Labute approximate surface area is 128 Å². The number of benzene rings is 1. The van der Waals surface area contributed by atoms with Gasteiger partial charge in [-0.1, -0.05) is 26.8 Å². The van der Waals surface area contributed by atoms with Crippen LogP contribution >= 0.6 is 0 Å². The van der Waals surface area contributed by atoms with Crippen molar-refractivity contribution in [3.05, 3.63) is 29.3 Å². The van der Waals surface area contributed by atoms with Crippen LogP contribution in [0.3, 0.4) is 0 Å². The molecule has 0 aromatic heterocycles. The fraction of sp³-hybridized carbons (Fsp3) is 0.625. The third kappa shape index (κ3) is 3.84. The van der Waals surface area contributed by atoms with Crippen LogP contribution in [0.25, 0.3) is 0 Å². The van der Waals surface area contributed by atoms with Crippen LogP contribution in [0.1, 0.15) is 44.7 Å². The molecular formula is C16H26N2O2S. The Morgan fingerprint density at radius 2 is 1.90 bits per heavy atom. The maximum atomic E-state index is 12.6. The monoisotopic (exact) mass is 310 g/mol. The lowest BCUT2D eigenvalue weighted by Crippen LogP contribution is -2.44. The molecule has 2 rings (SSSR count). The molecule has 0 radical (unpaired) electrons. The molecule has 5 heteroatoms. The van der Waals surface area contributed by atoms with E-state index in [0.717, 1.165) is 19.3 Å². The molecule has 3 N–H and O–H groups in total. The predicted octanol–water partition coefficient (Wildman–Crippen LogP) is 2.22. The van der Waals surface area contributed by atoms with E-state index in [1.165, 1.54) is 11.1 Å². The average molecular weight is 310 g/mol. The Bertz CT molecular complexity index is 603. The Hall–Kier alpha value is -0.910. The van der Waals surface area contributed by atoms with Crippen LogP contribution in [0.2, 0.25) is 0 Å². The van der Waals surface area contributed by atoms with E-state index in [-0.39, 0.29) is 11.5 Å². The molecule has 118 valence electrons. The van der Waals surface area contributed by atoms with E-state index in [1.54, 1.807) is 6.07 Å². The molecule has 1 unspecified atom stereocenters. The van der Waals surface area contributed by atoms with Crippen molar-refractivity contribution in [3.63, 3.8) is 0 Å². The van der Waals surface area contributed by atoms with E-state index >= 15 is 0 Å². The number of aryl methyl sites for hydroxylation is 2. The summed E-state index contributed by atoms with van der Waals surface area (Å²) in [7, 11) is -3.49. The van der Waals surface area contributed by atoms with E-state index in [4.69, 9.17) is 5.73 Å². The van der Waals surface area contributed by atoms with Crippen molar-refractivity contribution in [3.8, 4) is 0 Å². The van der Waals surface area contributed by atoms with Gasteiger partial charge in [0.1, 0.15) is 0 Å². The van der Waals surface area contributed by atoms with Crippen molar-refractivity contribution in [2.24, 2.45) is 11.1 Å². The van der Waals surface area contributed by atoms with E-state index in [0.29, 0.717) is 17.9 Å². The van der Waals surface area contributed by atoms with Crippen LogP contribution in [0.4, 0.5) is 0 Å². The van der Waals surface area contributed by atoms with Gasteiger partial charge in [0, 0.05) is 6.04 Å². The number of hydrogen-bond donors (Lipinski definition) is 2. The van der Waals surface area contributed by atoms with Crippen LogP contribution in [-0.2, 0) is 22.9 Å². The molecule has 0 bridgehead atoms. The lowest BCUT2D eigenvalue weighted by atomic mass is 9.85. The zero-order valence-electron chi connectivity index (χ0n) is 13.1. The highest BCUT2D eigenvalue weighted by atomic mass is 32.2. The highest BCUT2D eigenvalue weighted by molar-refractivity contribution is 7.89. The topological polar surface area (TPSA) is 72.2 Å². The molecule has 21 heavy (non-hydrogen) atoms. The fourth-order valence-corrected chi connectivity index (χ4v) is 4.33. The van der Waals surface area contributed by atoms with Gasteiger partial charge in [-0.15, -0.1) is 0 Å². The molecule has 1 aliphatic rings. The highest BCUT2D eigenvalue weighted by Gasteiger charge is 2.29. The van der Waals surface area contributed by atoms with E-state index in [1.807, 2.05) is 32.9 Å². The summed E-state index contributed by atoms with van der Waals surface area (Å²) < 4.78 is 28.1. The molecule has 0 spiro atoms. The molecule has 0 fully saturated rings. The van der Waals surface area contributed by atoms with Gasteiger partial charge in [0.15, 0.2) is 0 Å². The molecular weight excluding hydrogens is 284 g/mol. The number of fused-ring (bicyclic) bond motifs is 1. The van der Waals surface area contributed by atoms with Crippen molar-refractivity contribution in [2.45, 2.75) is 57.4 Å². The second kappa shape index (κ2) is 6.07. The van der Waals surface area contributed by atoms with Gasteiger partial charge in [-0.2, -0.15) is 0 Å². The van der Waals surface area contributed by atoms with E-state index in [9.17, 15) is 8.42 Å².